The highest BCUT2D eigenvalue weighted by atomic mass is 16.6. The highest BCUT2D eigenvalue weighted by Gasteiger charge is 2.37. The maximum absolute atomic E-state index is 12.6. The summed E-state index contributed by atoms with van der Waals surface area (Å²) in [6.45, 7) is 2.23. The summed E-state index contributed by atoms with van der Waals surface area (Å²) in [5, 5.41) is 0. The van der Waals surface area contributed by atoms with Crippen LogP contribution in [0.2, 0.25) is 0 Å². The van der Waals surface area contributed by atoms with E-state index in [1.807, 2.05) is 23.1 Å². The molecule has 0 radical (unpaired) electrons. The number of benzene rings is 1. The molecule has 2 fully saturated rings. The van der Waals surface area contributed by atoms with Crippen molar-refractivity contribution in [2.45, 2.75) is 38.1 Å². The number of carbonyl (C=O) groups is 2. The van der Waals surface area contributed by atoms with Gasteiger partial charge < -0.3 is 9.64 Å². The molecular weight excluding hydrogens is 280 g/mol. The number of likely N-dealkylation sites (tertiary alicyclic amines) is 2. The molecule has 0 N–H and O–H groups in total. The minimum Gasteiger partial charge on any atom is -0.410 e. The van der Waals surface area contributed by atoms with E-state index < -0.39 is 6.09 Å². The second-order valence-electron chi connectivity index (χ2n) is 5.92. The standard InChI is InChI=1S/C17H22N2O3/c20-16(18-11-5-2-6-12-18)15-10-7-13-19(15)17(21)22-14-8-3-1-4-9-14/h1,3-4,8-9,15H,2,5-7,10-13H2/t15-/m0/s1. The van der Waals surface area contributed by atoms with Gasteiger partial charge in [0.25, 0.3) is 0 Å². The van der Waals surface area contributed by atoms with Crippen LogP contribution in [0.15, 0.2) is 30.3 Å². The number of rotatable bonds is 2. The van der Waals surface area contributed by atoms with Gasteiger partial charge in [-0.05, 0) is 44.2 Å². The monoisotopic (exact) mass is 302 g/mol. The zero-order valence-electron chi connectivity index (χ0n) is 12.7. The Labute approximate surface area is 130 Å². The Hall–Kier alpha value is -2.04. The molecule has 2 aliphatic heterocycles. The molecule has 118 valence electrons. The minimum absolute atomic E-state index is 0.0854. The molecular formula is C17H22N2O3. The van der Waals surface area contributed by atoms with Crippen molar-refractivity contribution in [2.24, 2.45) is 0 Å². The lowest BCUT2D eigenvalue weighted by Gasteiger charge is -2.32. The van der Waals surface area contributed by atoms with Crippen LogP contribution in [-0.2, 0) is 4.79 Å². The first-order chi connectivity index (χ1) is 10.8. The molecule has 0 spiro atoms. The third-order valence-corrected chi connectivity index (χ3v) is 4.39. The Morgan fingerprint density at radius 3 is 2.41 bits per heavy atom. The summed E-state index contributed by atoms with van der Waals surface area (Å²) in [5.74, 6) is 0.603. The fourth-order valence-corrected chi connectivity index (χ4v) is 3.21. The highest BCUT2D eigenvalue weighted by molar-refractivity contribution is 5.86. The largest absolute Gasteiger partial charge is 0.415 e. The van der Waals surface area contributed by atoms with E-state index in [-0.39, 0.29) is 11.9 Å². The number of piperidine rings is 1. The van der Waals surface area contributed by atoms with Crippen LogP contribution in [-0.4, -0.2) is 47.5 Å². The topological polar surface area (TPSA) is 49.9 Å². The summed E-state index contributed by atoms with van der Waals surface area (Å²) in [6.07, 6.45) is 4.49. The second-order valence-corrected chi connectivity index (χ2v) is 5.92. The van der Waals surface area contributed by atoms with Gasteiger partial charge in [0.15, 0.2) is 0 Å². The Kier molecular flexibility index (Phi) is 4.61. The fraction of sp³-hybridized carbons (Fsp3) is 0.529. The first-order valence-corrected chi connectivity index (χ1v) is 8.08. The van der Waals surface area contributed by atoms with E-state index in [2.05, 4.69) is 0 Å². The van der Waals surface area contributed by atoms with Crippen molar-refractivity contribution in [3.63, 3.8) is 0 Å². The molecule has 2 saturated heterocycles. The molecule has 0 saturated carbocycles. The lowest BCUT2D eigenvalue weighted by Crippen LogP contribution is -2.49. The molecule has 0 aromatic heterocycles. The van der Waals surface area contributed by atoms with Crippen LogP contribution >= 0.6 is 0 Å². The van der Waals surface area contributed by atoms with E-state index in [9.17, 15) is 9.59 Å². The average molecular weight is 302 g/mol. The van der Waals surface area contributed by atoms with Crippen LogP contribution in [0.1, 0.15) is 32.1 Å². The van der Waals surface area contributed by atoms with Gasteiger partial charge in [-0.15, -0.1) is 0 Å². The van der Waals surface area contributed by atoms with E-state index in [0.717, 1.165) is 38.8 Å². The van der Waals surface area contributed by atoms with Gasteiger partial charge in [-0.3, -0.25) is 9.69 Å². The van der Waals surface area contributed by atoms with Crippen molar-refractivity contribution < 1.29 is 14.3 Å². The van der Waals surface area contributed by atoms with Gasteiger partial charge >= 0.3 is 6.09 Å². The van der Waals surface area contributed by atoms with E-state index in [4.69, 9.17) is 4.74 Å². The first kappa shape index (κ1) is 14.9. The predicted molar refractivity (Wildman–Crippen MR) is 82.6 cm³/mol. The average Bonchev–Trinajstić information content (AvgIpc) is 3.05. The molecule has 1 aromatic carbocycles. The van der Waals surface area contributed by atoms with Crippen molar-refractivity contribution in [1.82, 2.24) is 9.80 Å². The molecule has 2 amide bonds. The van der Waals surface area contributed by atoms with Crippen LogP contribution in [0.25, 0.3) is 0 Å². The van der Waals surface area contributed by atoms with Crippen molar-refractivity contribution in [3.05, 3.63) is 30.3 Å². The lowest BCUT2D eigenvalue weighted by molar-refractivity contribution is -0.136. The van der Waals surface area contributed by atoms with Gasteiger partial charge in [0, 0.05) is 19.6 Å². The van der Waals surface area contributed by atoms with E-state index >= 15 is 0 Å². The Morgan fingerprint density at radius 1 is 0.955 bits per heavy atom. The predicted octanol–water partition coefficient (Wildman–Crippen LogP) is 2.66. The molecule has 0 bridgehead atoms. The van der Waals surface area contributed by atoms with Gasteiger partial charge in [-0.1, -0.05) is 18.2 Å². The van der Waals surface area contributed by atoms with E-state index in [1.54, 1.807) is 17.0 Å². The zero-order chi connectivity index (χ0) is 15.4. The van der Waals surface area contributed by atoms with Crippen molar-refractivity contribution in [1.29, 1.82) is 0 Å². The molecule has 2 heterocycles. The maximum atomic E-state index is 12.6. The van der Waals surface area contributed by atoms with Gasteiger partial charge in [0.05, 0.1) is 0 Å². The molecule has 3 rings (SSSR count). The molecule has 2 aliphatic rings. The van der Waals surface area contributed by atoms with Gasteiger partial charge in [0.1, 0.15) is 11.8 Å². The van der Waals surface area contributed by atoms with Crippen LogP contribution in [0.5, 0.6) is 5.75 Å². The summed E-state index contributed by atoms with van der Waals surface area (Å²) < 4.78 is 5.38. The summed E-state index contributed by atoms with van der Waals surface area (Å²) >= 11 is 0. The zero-order valence-corrected chi connectivity index (χ0v) is 12.7. The van der Waals surface area contributed by atoms with Crippen LogP contribution in [0, 0.1) is 0 Å². The molecule has 22 heavy (non-hydrogen) atoms. The molecule has 5 heteroatoms. The third kappa shape index (κ3) is 3.24. The van der Waals surface area contributed by atoms with Gasteiger partial charge in [-0.25, -0.2) is 4.79 Å². The van der Waals surface area contributed by atoms with Crippen molar-refractivity contribution >= 4 is 12.0 Å². The quantitative estimate of drug-likeness (QED) is 0.844. The number of amides is 2. The van der Waals surface area contributed by atoms with Gasteiger partial charge in [-0.2, -0.15) is 0 Å². The third-order valence-electron chi connectivity index (χ3n) is 4.39. The fourth-order valence-electron chi connectivity index (χ4n) is 3.21. The van der Waals surface area contributed by atoms with Gasteiger partial charge in [0.2, 0.25) is 5.91 Å². The minimum atomic E-state index is -0.418. The highest BCUT2D eigenvalue weighted by Crippen LogP contribution is 2.23. The van der Waals surface area contributed by atoms with Crippen LogP contribution in [0.3, 0.4) is 0 Å². The number of ether oxygens (including phenoxy) is 1. The van der Waals surface area contributed by atoms with E-state index in [1.165, 1.54) is 6.42 Å². The summed E-state index contributed by atoms with van der Waals surface area (Å²) in [5.41, 5.74) is 0. The number of carbonyl (C=O) groups excluding carboxylic acids is 2. The van der Waals surface area contributed by atoms with Crippen LogP contribution in [0.4, 0.5) is 4.79 Å². The Morgan fingerprint density at radius 2 is 1.68 bits per heavy atom. The molecule has 1 atom stereocenters. The van der Waals surface area contributed by atoms with Crippen molar-refractivity contribution in [3.8, 4) is 5.75 Å². The molecule has 5 nitrogen and oxygen atoms in total. The van der Waals surface area contributed by atoms with E-state index in [0.29, 0.717) is 12.3 Å². The summed E-state index contributed by atoms with van der Waals surface area (Å²) in [6, 6.07) is 8.65. The summed E-state index contributed by atoms with van der Waals surface area (Å²) in [7, 11) is 0. The number of para-hydroxylation sites is 1. The first-order valence-electron chi connectivity index (χ1n) is 8.08. The molecule has 0 unspecified atom stereocenters. The summed E-state index contributed by atoms with van der Waals surface area (Å²) in [4.78, 5) is 28.5. The molecule has 1 aromatic rings. The maximum Gasteiger partial charge on any atom is 0.415 e. The normalized spacial score (nSPS) is 21.7. The Bertz CT molecular complexity index is 526. The lowest BCUT2D eigenvalue weighted by atomic mass is 10.1. The second kappa shape index (κ2) is 6.81. The molecule has 0 aliphatic carbocycles. The number of nitrogens with zero attached hydrogens (tertiary/aromatic N) is 2. The number of hydrogen-bond acceptors (Lipinski definition) is 3. The van der Waals surface area contributed by atoms with Crippen LogP contribution < -0.4 is 4.74 Å². The smallest absolute Gasteiger partial charge is 0.410 e. The van der Waals surface area contributed by atoms with Crippen molar-refractivity contribution in [2.75, 3.05) is 19.6 Å². The Balaban J connectivity index is 1.64. The number of hydrogen-bond donors (Lipinski definition) is 0. The SMILES string of the molecule is O=C([C@@H]1CCCN1C(=O)Oc1ccccc1)N1CCCCC1.